The Morgan fingerprint density at radius 3 is 2.43 bits per heavy atom. The Bertz CT molecular complexity index is 1220. The van der Waals surface area contributed by atoms with Crippen molar-refractivity contribution < 1.29 is 23.8 Å². The summed E-state index contributed by atoms with van der Waals surface area (Å²) >= 11 is 0. The maximum atomic E-state index is 14.9. The van der Waals surface area contributed by atoms with E-state index in [9.17, 15) is 28.6 Å². The number of aromatic hydroxyl groups is 1. The summed E-state index contributed by atoms with van der Waals surface area (Å²) in [6.45, 7) is 2.40. The number of phenols is 1. The molecule has 0 saturated carbocycles. The maximum absolute atomic E-state index is 14.9. The molecule has 0 spiro atoms. The normalized spacial score (nSPS) is 15.0. The van der Waals surface area contributed by atoms with E-state index in [4.69, 9.17) is 0 Å². The number of pyridine rings is 2. The summed E-state index contributed by atoms with van der Waals surface area (Å²) in [6, 6.07) is 4.23. The monoisotopic (exact) mass is 416 g/mol. The number of rotatable bonds is 3. The molecule has 2 N–H and O–H groups in total. The number of nitrogens with zero attached hydrogens (tertiary/aromatic N) is 4. The second-order valence-corrected chi connectivity index (χ2v) is 7.14. The first kappa shape index (κ1) is 19.8. The van der Waals surface area contributed by atoms with Crippen molar-refractivity contribution in [2.24, 2.45) is 0 Å². The van der Waals surface area contributed by atoms with Gasteiger partial charge in [0.1, 0.15) is 11.3 Å². The molecule has 4 rings (SSSR count). The topological polar surface area (TPSA) is 98.9 Å². The van der Waals surface area contributed by atoms with Crippen molar-refractivity contribution in [3.8, 4) is 11.4 Å². The molecule has 3 heterocycles. The number of halogens is 2. The van der Waals surface area contributed by atoms with Crippen LogP contribution in [-0.4, -0.2) is 63.9 Å². The Kier molecular flexibility index (Phi) is 4.86. The first-order valence-corrected chi connectivity index (χ1v) is 9.18. The average molecular weight is 416 g/mol. The third kappa shape index (κ3) is 3.35. The van der Waals surface area contributed by atoms with Crippen molar-refractivity contribution >= 4 is 22.8 Å². The summed E-state index contributed by atoms with van der Waals surface area (Å²) in [6.07, 6.45) is 0.959. The van der Waals surface area contributed by atoms with E-state index >= 15 is 0 Å². The zero-order valence-corrected chi connectivity index (χ0v) is 16.0. The van der Waals surface area contributed by atoms with Gasteiger partial charge in [-0.15, -0.1) is 0 Å². The molecular weight excluding hydrogens is 398 g/mol. The van der Waals surface area contributed by atoms with Crippen molar-refractivity contribution in [2.45, 2.75) is 0 Å². The molecule has 1 fully saturated rings. The number of aromatic carboxylic acids is 1. The number of likely N-dealkylation sites (N-methyl/N-ethyl adjacent to an activating group) is 1. The molecule has 1 aliphatic rings. The van der Waals surface area contributed by atoms with Gasteiger partial charge in [-0.05, 0) is 25.2 Å². The third-order valence-corrected chi connectivity index (χ3v) is 5.14. The number of hydrogen-bond acceptors (Lipinski definition) is 6. The summed E-state index contributed by atoms with van der Waals surface area (Å²) in [4.78, 5) is 32.3. The molecule has 0 bridgehead atoms. The quantitative estimate of drug-likeness (QED) is 0.672. The molecule has 0 radical (unpaired) electrons. The Morgan fingerprint density at radius 2 is 1.80 bits per heavy atom. The van der Waals surface area contributed by atoms with Gasteiger partial charge in [0.15, 0.2) is 23.1 Å². The number of hydrogen-bond donors (Lipinski definition) is 2. The van der Waals surface area contributed by atoms with E-state index in [1.807, 2.05) is 7.05 Å². The van der Waals surface area contributed by atoms with Gasteiger partial charge in [0, 0.05) is 38.4 Å². The molecule has 0 amide bonds. The lowest BCUT2D eigenvalue weighted by Gasteiger charge is -2.33. The van der Waals surface area contributed by atoms with Gasteiger partial charge in [0.05, 0.1) is 11.1 Å². The molecule has 3 aromatic rings. The number of phenolic OH excluding ortho intramolecular Hbond substituents is 1. The molecule has 1 aliphatic heterocycles. The third-order valence-electron chi connectivity index (χ3n) is 5.14. The number of carboxylic acids is 1. The molecular formula is C20H18F2N4O4. The Labute approximate surface area is 169 Å². The van der Waals surface area contributed by atoms with E-state index in [2.05, 4.69) is 9.88 Å². The van der Waals surface area contributed by atoms with Gasteiger partial charge >= 0.3 is 5.97 Å². The van der Waals surface area contributed by atoms with Crippen LogP contribution in [0.5, 0.6) is 5.75 Å². The van der Waals surface area contributed by atoms with E-state index in [1.54, 1.807) is 4.90 Å². The number of carbonyl (C=O) groups is 1. The first-order valence-electron chi connectivity index (χ1n) is 9.18. The van der Waals surface area contributed by atoms with Crippen LogP contribution in [0, 0.1) is 11.6 Å². The van der Waals surface area contributed by atoms with Crippen molar-refractivity contribution in [1.29, 1.82) is 0 Å². The molecule has 156 valence electrons. The Morgan fingerprint density at radius 1 is 1.10 bits per heavy atom. The molecule has 8 nitrogen and oxygen atoms in total. The van der Waals surface area contributed by atoms with Crippen LogP contribution >= 0.6 is 0 Å². The van der Waals surface area contributed by atoms with Gasteiger partial charge in [0.2, 0.25) is 5.43 Å². The fourth-order valence-electron chi connectivity index (χ4n) is 3.48. The minimum atomic E-state index is -1.53. The zero-order valence-electron chi connectivity index (χ0n) is 16.0. The van der Waals surface area contributed by atoms with Gasteiger partial charge in [-0.2, -0.15) is 0 Å². The van der Waals surface area contributed by atoms with Crippen LogP contribution in [0.25, 0.3) is 16.7 Å². The molecule has 1 aromatic carbocycles. The van der Waals surface area contributed by atoms with Crippen LogP contribution in [0.4, 0.5) is 14.6 Å². The predicted octanol–water partition coefficient (Wildman–Crippen LogP) is 1.82. The van der Waals surface area contributed by atoms with Crippen molar-refractivity contribution in [3.05, 3.63) is 57.9 Å². The van der Waals surface area contributed by atoms with E-state index in [1.165, 1.54) is 12.1 Å². The second kappa shape index (κ2) is 7.38. The minimum Gasteiger partial charge on any atom is -0.508 e. The molecule has 2 aromatic heterocycles. The van der Waals surface area contributed by atoms with Crippen LogP contribution < -0.4 is 10.3 Å². The highest BCUT2D eigenvalue weighted by atomic mass is 19.1. The summed E-state index contributed by atoms with van der Waals surface area (Å²) in [5.74, 6) is -3.46. The SMILES string of the molecule is CN1CCN(c2nc3c(cc2F)c(=O)c(C(=O)O)cn3-c2ccc(O)cc2F)CC1. The van der Waals surface area contributed by atoms with Gasteiger partial charge in [0.25, 0.3) is 0 Å². The van der Waals surface area contributed by atoms with Crippen LogP contribution in [0.3, 0.4) is 0 Å². The highest BCUT2D eigenvalue weighted by molar-refractivity contribution is 5.92. The number of piperazine rings is 1. The highest BCUT2D eigenvalue weighted by Gasteiger charge is 2.24. The van der Waals surface area contributed by atoms with Gasteiger partial charge in [-0.1, -0.05) is 0 Å². The largest absolute Gasteiger partial charge is 0.508 e. The zero-order chi connectivity index (χ0) is 21.6. The summed E-state index contributed by atoms with van der Waals surface area (Å²) in [5, 5.41) is 18.6. The lowest BCUT2D eigenvalue weighted by atomic mass is 10.1. The molecule has 1 saturated heterocycles. The van der Waals surface area contributed by atoms with Crippen molar-refractivity contribution in [3.63, 3.8) is 0 Å². The van der Waals surface area contributed by atoms with E-state index in [-0.39, 0.29) is 28.3 Å². The van der Waals surface area contributed by atoms with Crippen molar-refractivity contribution in [2.75, 3.05) is 38.1 Å². The lowest BCUT2D eigenvalue weighted by Crippen LogP contribution is -2.45. The van der Waals surface area contributed by atoms with Crippen LogP contribution in [-0.2, 0) is 0 Å². The standard InChI is InChI=1S/C20H18F2N4O4/c1-24-4-6-25(7-5-24)19-15(22)9-12-17(28)13(20(29)30)10-26(18(12)23-19)16-3-2-11(27)8-14(16)21/h2-3,8-10,27H,4-7H2,1H3,(H,29,30). The fourth-order valence-corrected chi connectivity index (χ4v) is 3.48. The summed E-state index contributed by atoms with van der Waals surface area (Å²) in [7, 11) is 1.94. The molecule has 0 unspecified atom stereocenters. The number of carboxylic acid groups (broad SMARTS) is 1. The smallest absolute Gasteiger partial charge is 0.341 e. The average Bonchev–Trinajstić information content (AvgIpc) is 2.69. The van der Waals surface area contributed by atoms with Crippen molar-refractivity contribution in [1.82, 2.24) is 14.5 Å². The number of fused-ring (bicyclic) bond motifs is 1. The van der Waals surface area contributed by atoms with E-state index < -0.39 is 28.6 Å². The molecule has 0 aliphatic carbocycles. The predicted molar refractivity (Wildman–Crippen MR) is 106 cm³/mol. The fraction of sp³-hybridized carbons (Fsp3) is 0.250. The molecule has 10 heteroatoms. The van der Waals surface area contributed by atoms with Crippen LogP contribution in [0.15, 0.2) is 35.3 Å². The van der Waals surface area contributed by atoms with Gasteiger partial charge in [-0.3, -0.25) is 9.36 Å². The number of anilines is 1. The van der Waals surface area contributed by atoms with E-state index in [0.717, 1.165) is 22.9 Å². The molecule has 0 atom stereocenters. The van der Waals surface area contributed by atoms with Crippen LogP contribution in [0.2, 0.25) is 0 Å². The molecule has 30 heavy (non-hydrogen) atoms. The van der Waals surface area contributed by atoms with Gasteiger partial charge < -0.3 is 20.0 Å². The first-order chi connectivity index (χ1) is 14.3. The maximum Gasteiger partial charge on any atom is 0.341 e. The second-order valence-electron chi connectivity index (χ2n) is 7.14. The lowest BCUT2D eigenvalue weighted by molar-refractivity contribution is 0.0695. The Balaban J connectivity index is 2.01. The van der Waals surface area contributed by atoms with E-state index in [0.29, 0.717) is 26.2 Å². The number of aromatic nitrogens is 2. The summed E-state index contributed by atoms with van der Waals surface area (Å²) in [5.41, 5.74) is -1.78. The highest BCUT2D eigenvalue weighted by Crippen LogP contribution is 2.26. The minimum absolute atomic E-state index is 0.00557. The number of benzene rings is 1. The Hall–Kier alpha value is -3.53. The van der Waals surface area contributed by atoms with Crippen LogP contribution in [0.1, 0.15) is 10.4 Å². The summed E-state index contributed by atoms with van der Waals surface area (Å²) < 4.78 is 30.5. The van der Waals surface area contributed by atoms with Gasteiger partial charge in [-0.25, -0.2) is 18.6 Å².